The van der Waals surface area contributed by atoms with Gasteiger partial charge in [0.05, 0.1) is 5.56 Å². The molecular formula is C16H21N3OS. The topological polar surface area (TPSA) is 64.9 Å². The molecule has 3 rings (SSSR count). The van der Waals surface area contributed by atoms with Gasteiger partial charge in [0.25, 0.3) is 0 Å². The lowest BCUT2D eigenvalue weighted by Crippen LogP contribution is -2.18. The van der Waals surface area contributed by atoms with E-state index in [9.17, 15) is 10.1 Å². The predicted molar refractivity (Wildman–Crippen MR) is 84.4 cm³/mol. The van der Waals surface area contributed by atoms with Gasteiger partial charge in [0.1, 0.15) is 11.1 Å². The third-order valence-electron chi connectivity index (χ3n) is 4.51. The van der Waals surface area contributed by atoms with Crippen LogP contribution in [0.1, 0.15) is 42.2 Å². The number of hydrogen-bond acceptors (Lipinski definition) is 4. The molecule has 2 unspecified atom stereocenters. The van der Waals surface area contributed by atoms with E-state index < -0.39 is 0 Å². The van der Waals surface area contributed by atoms with E-state index in [4.69, 9.17) is 0 Å². The summed E-state index contributed by atoms with van der Waals surface area (Å²) in [6.07, 6.45) is 4.77. The number of carbonyl (C=O) groups is 1. The normalized spacial score (nSPS) is 24.4. The van der Waals surface area contributed by atoms with E-state index in [-0.39, 0.29) is 5.91 Å². The molecule has 5 heteroatoms. The van der Waals surface area contributed by atoms with Crippen molar-refractivity contribution in [3.05, 3.63) is 16.0 Å². The molecular weight excluding hydrogens is 282 g/mol. The van der Waals surface area contributed by atoms with Crippen LogP contribution < -0.4 is 10.6 Å². The van der Waals surface area contributed by atoms with Gasteiger partial charge in [-0.1, -0.05) is 6.92 Å². The Labute approximate surface area is 129 Å². The lowest BCUT2D eigenvalue weighted by atomic mass is 9.88. The largest absolute Gasteiger partial charge is 0.317 e. The van der Waals surface area contributed by atoms with E-state index in [0.29, 0.717) is 23.8 Å². The maximum Gasteiger partial charge on any atom is 0.225 e. The smallest absolute Gasteiger partial charge is 0.225 e. The number of thiophene rings is 1. The van der Waals surface area contributed by atoms with Crippen molar-refractivity contribution < 1.29 is 4.79 Å². The van der Waals surface area contributed by atoms with Gasteiger partial charge in [-0.2, -0.15) is 5.26 Å². The Morgan fingerprint density at radius 2 is 2.38 bits per heavy atom. The standard InChI is InChI=1S/C16H21N3OS/c1-10-2-3-12-13(8-17)16(21-14(12)6-10)19-15(20)7-11-4-5-18-9-11/h10-11,18H,2-7,9H2,1H3,(H,19,20). The van der Waals surface area contributed by atoms with Gasteiger partial charge in [0.2, 0.25) is 5.91 Å². The van der Waals surface area contributed by atoms with Crippen LogP contribution in [0, 0.1) is 23.2 Å². The molecule has 1 aliphatic heterocycles. The molecule has 0 saturated carbocycles. The summed E-state index contributed by atoms with van der Waals surface area (Å²) in [5, 5.41) is 16.5. The zero-order chi connectivity index (χ0) is 14.8. The van der Waals surface area contributed by atoms with E-state index in [1.54, 1.807) is 11.3 Å². The van der Waals surface area contributed by atoms with Gasteiger partial charge in [-0.25, -0.2) is 0 Å². The Balaban J connectivity index is 1.73. The van der Waals surface area contributed by atoms with Crippen molar-refractivity contribution in [2.45, 2.75) is 39.0 Å². The third-order valence-corrected chi connectivity index (χ3v) is 5.68. The number of nitrogens with one attached hydrogen (secondary N) is 2. The number of nitrogens with zero attached hydrogens (tertiary/aromatic N) is 1. The van der Waals surface area contributed by atoms with Crippen LogP contribution in [0.3, 0.4) is 0 Å². The Morgan fingerprint density at radius 3 is 3.10 bits per heavy atom. The van der Waals surface area contributed by atoms with E-state index in [1.807, 2.05) is 0 Å². The van der Waals surface area contributed by atoms with E-state index in [1.165, 1.54) is 10.4 Å². The second-order valence-electron chi connectivity index (χ2n) is 6.28. The molecule has 4 nitrogen and oxygen atoms in total. The summed E-state index contributed by atoms with van der Waals surface area (Å²) >= 11 is 1.61. The molecule has 1 aromatic heterocycles. The maximum atomic E-state index is 12.2. The van der Waals surface area contributed by atoms with Gasteiger partial charge in [-0.3, -0.25) is 4.79 Å². The van der Waals surface area contributed by atoms with Gasteiger partial charge in [0, 0.05) is 11.3 Å². The van der Waals surface area contributed by atoms with Crippen molar-refractivity contribution in [2.24, 2.45) is 11.8 Å². The lowest BCUT2D eigenvalue weighted by Gasteiger charge is -2.17. The summed E-state index contributed by atoms with van der Waals surface area (Å²) in [4.78, 5) is 13.5. The number of anilines is 1. The summed E-state index contributed by atoms with van der Waals surface area (Å²) in [5.74, 6) is 1.16. The highest BCUT2D eigenvalue weighted by Gasteiger charge is 2.25. The molecule has 1 aromatic rings. The molecule has 112 valence electrons. The minimum Gasteiger partial charge on any atom is -0.317 e. The fraction of sp³-hybridized carbons (Fsp3) is 0.625. The summed E-state index contributed by atoms with van der Waals surface area (Å²) in [7, 11) is 0. The maximum absolute atomic E-state index is 12.2. The van der Waals surface area contributed by atoms with E-state index >= 15 is 0 Å². The second-order valence-corrected chi connectivity index (χ2v) is 7.38. The van der Waals surface area contributed by atoms with Crippen molar-refractivity contribution in [1.82, 2.24) is 5.32 Å². The van der Waals surface area contributed by atoms with Crippen LogP contribution in [-0.4, -0.2) is 19.0 Å². The highest BCUT2D eigenvalue weighted by atomic mass is 32.1. The number of nitriles is 1. The zero-order valence-corrected chi connectivity index (χ0v) is 13.2. The first-order valence-corrected chi connectivity index (χ1v) is 8.54. The van der Waals surface area contributed by atoms with E-state index in [0.717, 1.165) is 43.8 Å². The summed E-state index contributed by atoms with van der Waals surface area (Å²) < 4.78 is 0. The van der Waals surface area contributed by atoms with Gasteiger partial charge in [-0.05, 0) is 56.2 Å². The van der Waals surface area contributed by atoms with Crippen LogP contribution in [-0.2, 0) is 17.6 Å². The van der Waals surface area contributed by atoms with Gasteiger partial charge >= 0.3 is 0 Å². The molecule has 0 spiro atoms. The minimum absolute atomic E-state index is 0.0480. The zero-order valence-electron chi connectivity index (χ0n) is 12.4. The quantitative estimate of drug-likeness (QED) is 0.902. The number of fused-ring (bicyclic) bond motifs is 1. The highest BCUT2D eigenvalue weighted by molar-refractivity contribution is 7.16. The fourth-order valence-electron chi connectivity index (χ4n) is 3.29. The third kappa shape index (κ3) is 3.12. The molecule has 1 saturated heterocycles. The second kappa shape index (κ2) is 6.17. The van der Waals surface area contributed by atoms with Crippen molar-refractivity contribution in [3.63, 3.8) is 0 Å². The van der Waals surface area contributed by atoms with Crippen LogP contribution in [0.5, 0.6) is 0 Å². The van der Waals surface area contributed by atoms with Crippen molar-refractivity contribution >= 4 is 22.2 Å². The van der Waals surface area contributed by atoms with Crippen LogP contribution in [0.15, 0.2) is 0 Å². The molecule has 2 atom stereocenters. The first-order valence-electron chi connectivity index (χ1n) is 7.72. The Kier molecular flexibility index (Phi) is 4.27. The molecule has 0 radical (unpaired) electrons. The molecule has 0 aromatic carbocycles. The monoisotopic (exact) mass is 303 g/mol. The van der Waals surface area contributed by atoms with Gasteiger partial charge < -0.3 is 10.6 Å². The molecule has 1 amide bonds. The minimum atomic E-state index is 0.0480. The first-order chi connectivity index (χ1) is 10.2. The highest BCUT2D eigenvalue weighted by Crippen LogP contribution is 2.39. The summed E-state index contributed by atoms with van der Waals surface area (Å²) in [6, 6.07) is 2.30. The average Bonchev–Trinajstić information content (AvgIpc) is 3.05. The molecule has 1 fully saturated rings. The van der Waals surface area contributed by atoms with Crippen molar-refractivity contribution in [3.8, 4) is 6.07 Å². The number of rotatable bonds is 3. The van der Waals surface area contributed by atoms with Crippen LogP contribution in [0.25, 0.3) is 0 Å². The molecule has 0 bridgehead atoms. The van der Waals surface area contributed by atoms with Crippen LogP contribution in [0.4, 0.5) is 5.00 Å². The number of carbonyl (C=O) groups excluding carboxylic acids is 1. The van der Waals surface area contributed by atoms with Gasteiger partial charge in [-0.15, -0.1) is 11.3 Å². The first kappa shape index (κ1) is 14.6. The predicted octanol–water partition coefficient (Wildman–Crippen LogP) is 2.68. The molecule has 2 aliphatic rings. The number of hydrogen-bond donors (Lipinski definition) is 2. The van der Waals surface area contributed by atoms with E-state index in [2.05, 4.69) is 23.6 Å². The molecule has 21 heavy (non-hydrogen) atoms. The molecule has 2 N–H and O–H groups in total. The SMILES string of the molecule is CC1CCc2c(sc(NC(=O)CC3CCNC3)c2C#N)C1. The van der Waals surface area contributed by atoms with Crippen LogP contribution in [0.2, 0.25) is 0 Å². The van der Waals surface area contributed by atoms with Crippen molar-refractivity contribution in [2.75, 3.05) is 18.4 Å². The Bertz CT molecular complexity index is 581. The molecule has 1 aliphatic carbocycles. The fourth-order valence-corrected chi connectivity index (χ4v) is 4.66. The summed E-state index contributed by atoms with van der Waals surface area (Å²) in [5.41, 5.74) is 1.89. The average molecular weight is 303 g/mol. The van der Waals surface area contributed by atoms with Crippen molar-refractivity contribution in [1.29, 1.82) is 5.26 Å². The number of amides is 1. The van der Waals surface area contributed by atoms with Gasteiger partial charge in [0.15, 0.2) is 0 Å². The molecule has 2 heterocycles. The summed E-state index contributed by atoms with van der Waals surface area (Å²) in [6.45, 7) is 4.18. The van der Waals surface area contributed by atoms with Crippen LogP contribution >= 0.6 is 11.3 Å². The lowest BCUT2D eigenvalue weighted by molar-refractivity contribution is -0.116. The Hall–Kier alpha value is -1.38. The Morgan fingerprint density at radius 1 is 1.52 bits per heavy atom.